The van der Waals surface area contributed by atoms with E-state index in [1.807, 2.05) is 38.1 Å². The smallest absolute Gasteiger partial charge is 0.255 e. The van der Waals surface area contributed by atoms with E-state index < -0.39 is 6.04 Å². The number of carbonyl (C=O) groups is 2. The molecule has 1 fully saturated rings. The Morgan fingerprint density at radius 2 is 2.08 bits per heavy atom. The molecule has 1 atom stereocenters. The molecule has 0 saturated carbocycles. The zero-order valence-corrected chi connectivity index (χ0v) is 14.0. The lowest BCUT2D eigenvalue weighted by Crippen LogP contribution is -2.52. The molecule has 24 heavy (non-hydrogen) atoms. The highest BCUT2D eigenvalue weighted by atomic mass is 16.2. The van der Waals surface area contributed by atoms with Crippen LogP contribution in [0.2, 0.25) is 0 Å². The predicted octanol–water partition coefficient (Wildman–Crippen LogP) is 2.14. The summed E-state index contributed by atoms with van der Waals surface area (Å²) in [7, 11) is 0. The maximum absolute atomic E-state index is 12.7. The molecule has 0 bridgehead atoms. The van der Waals surface area contributed by atoms with Gasteiger partial charge in [0.05, 0.1) is 11.8 Å². The Morgan fingerprint density at radius 3 is 2.75 bits per heavy atom. The van der Waals surface area contributed by atoms with Gasteiger partial charge in [-0.1, -0.05) is 17.7 Å². The molecule has 0 unspecified atom stereocenters. The molecule has 1 N–H and O–H groups in total. The van der Waals surface area contributed by atoms with Gasteiger partial charge < -0.3 is 10.2 Å². The molecule has 6 heteroatoms. The molecule has 0 radical (unpaired) electrons. The van der Waals surface area contributed by atoms with Crippen LogP contribution in [0.3, 0.4) is 0 Å². The SMILES string of the molecule is CCn1cc(C(=O)N[C@@H]2CCCN(c3ccc(C)cc3)C2=O)cn1. The average molecular weight is 326 g/mol. The first-order valence-electron chi connectivity index (χ1n) is 8.30. The second kappa shape index (κ2) is 6.86. The van der Waals surface area contributed by atoms with Crippen molar-refractivity contribution in [3.8, 4) is 0 Å². The molecule has 1 aliphatic rings. The second-order valence-corrected chi connectivity index (χ2v) is 6.08. The van der Waals surface area contributed by atoms with Crippen molar-refractivity contribution in [3.05, 3.63) is 47.8 Å². The zero-order chi connectivity index (χ0) is 17.1. The lowest BCUT2D eigenvalue weighted by atomic mass is 10.0. The van der Waals surface area contributed by atoms with E-state index >= 15 is 0 Å². The fraction of sp³-hybridized carbons (Fsp3) is 0.389. The van der Waals surface area contributed by atoms with Crippen LogP contribution in [0.1, 0.15) is 35.7 Å². The molecule has 2 amide bonds. The molecule has 2 heterocycles. The summed E-state index contributed by atoms with van der Waals surface area (Å²) in [5.41, 5.74) is 2.52. The van der Waals surface area contributed by atoms with E-state index in [0.29, 0.717) is 25.1 Å². The minimum Gasteiger partial charge on any atom is -0.340 e. The first-order chi connectivity index (χ1) is 11.6. The lowest BCUT2D eigenvalue weighted by Gasteiger charge is -2.32. The van der Waals surface area contributed by atoms with Crippen molar-refractivity contribution in [2.75, 3.05) is 11.4 Å². The largest absolute Gasteiger partial charge is 0.340 e. The number of amides is 2. The van der Waals surface area contributed by atoms with Crippen molar-refractivity contribution >= 4 is 17.5 Å². The molecule has 1 saturated heterocycles. The van der Waals surface area contributed by atoms with Gasteiger partial charge in [0.25, 0.3) is 5.91 Å². The van der Waals surface area contributed by atoms with E-state index in [4.69, 9.17) is 0 Å². The Labute approximate surface area is 141 Å². The summed E-state index contributed by atoms with van der Waals surface area (Å²) >= 11 is 0. The minimum atomic E-state index is -0.488. The highest BCUT2D eigenvalue weighted by molar-refractivity contribution is 6.02. The van der Waals surface area contributed by atoms with Gasteiger partial charge in [0.2, 0.25) is 5.91 Å². The zero-order valence-electron chi connectivity index (χ0n) is 14.0. The van der Waals surface area contributed by atoms with Gasteiger partial charge in [-0.3, -0.25) is 14.3 Å². The highest BCUT2D eigenvalue weighted by Crippen LogP contribution is 2.21. The normalized spacial score (nSPS) is 17.8. The number of aryl methyl sites for hydroxylation is 2. The van der Waals surface area contributed by atoms with Crippen LogP contribution in [0.4, 0.5) is 5.69 Å². The fourth-order valence-electron chi connectivity index (χ4n) is 2.89. The van der Waals surface area contributed by atoms with E-state index in [2.05, 4.69) is 10.4 Å². The summed E-state index contributed by atoms with van der Waals surface area (Å²) in [6, 6.07) is 7.39. The highest BCUT2D eigenvalue weighted by Gasteiger charge is 2.31. The Hall–Kier alpha value is -2.63. The monoisotopic (exact) mass is 326 g/mol. The quantitative estimate of drug-likeness (QED) is 0.936. The number of rotatable bonds is 4. The van der Waals surface area contributed by atoms with Crippen LogP contribution in [-0.4, -0.2) is 34.2 Å². The summed E-state index contributed by atoms with van der Waals surface area (Å²) in [5, 5.41) is 6.95. The van der Waals surface area contributed by atoms with Gasteiger partial charge >= 0.3 is 0 Å². The number of aromatic nitrogens is 2. The van der Waals surface area contributed by atoms with Gasteiger partial charge in [0.15, 0.2) is 0 Å². The first kappa shape index (κ1) is 16.2. The third-order valence-electron chi connectivity index (χ3n) is 4.31. The molecule has 2 aromatic rings. The molecule has 1 aliphatic heterocycles. The summed E-state index contributed by atoms with van der Waals surface area (Å²) in [6.07, 6.45) is 4.75. The van der Waals surface area contributed by atoms with Crippen molar-refractivity contribution in [1.82, 2.24) is 15.1 Å². The predicted molar refractivity (Wildman–Crippen MR) is 91.9 cm³/mol. The van der Waals surface area contributed by atoms with Crippen molar-refractivity contribution in [2.45, 2.75) is 39.3 Å². The Morgan fingerprint density at radius 1 is 1.33 bits per heavy atom. The maximum Gasteiger partial charge on any atom is 0.255 e. The van der Waals surface area contributed by atoms with Crippen LogP contribution in [0, 0.1) is 6.92 Å². The van der Waals surface area contributed by atoms with E-state index in [0.717, 1.165) is 17.7 Å². The first-order valence-corrected chi connectivity index (χ1v) is 8.30. The number of benzene rings is 1. The molecular weight excluding hydrogens is 304 g/mol. The van der Waals surface area contributed by atoms with E-state index in [1.165, 1.54) is 6.20 Å². The Kier molecular flexibility index (Phi) is 4.64. The summed E-state index contributed by atoms with van der Waals surface area (Å²) < 4.78 is 1.69. The van der Waals surface area contributed by atoms with E-state index in [9.17, 15) is 9.59 Å². The van der Waals surface area contributed by atoms with E-state index in [1.54, 1.807) is 15.8 Å². The molecule has 0 aliphatic carbocycles. The third-order valence-corrected chi connectivity index (χ3v) is 4.31. The second-order valence-electron chi connectivity index (χ2n) is 6.08. The third kappa shape index (κ3) is 3.32. The summed E-state index contributed by atoms with van der Waals surface area (Å²) in [4.78, 5) is 26.8. The molecule has 6 nitrogen and oxygen atoms in total. The van der Waals surface area contributed by atoms with Crippen LogP contribution >= 0.6 is 0 Å². The molecular formula is C18H22N4O2. The number of anilines is 1. The topological polar surface area (TPSA) is 67.2 Å². The van der Waals surface area contributed by atoms with Crippen molar-refractivity contribution in [3.63, 3.8) is 0 Å². The van der Waals surface area contributed by atoms with Crippen LogP contribution in [-0.2, 0) is 11.3 Å². The number of hydrogen-bond donors (Lipinski definition) is 1. The average Bonchev–Trinajstić information content (AvgIpc) is 3.07. The lowest BCUT2D eigenvalue weighted by molar-refractivity contribution is -0.121. The van der Waals surface area contributed by atoms with Crippen molar-refractivity contribution in [1.29, 1.82) is 0 Å². The molecule has 126 valence electrons. The summed E-state index contributed by atoms with van der Waals surface area (Å²) in [6.45, 7) is 5.36. The van der Waals surface area contributed by atoms with Crippen molar-refractivity contribution < 1.29 is 9.59 Å². The number of piperidine rings is 1. The number of nitrogens with zero attached hydrogens (tertiary/aromatic N) is 3. The van der Waals surface area contributed by atoms with Gasteiger partial charge in [0.1, 0.15) is 6.04 Å². The van der Waals surface area contributed by atoms with Gasteiger partial charge in [-0.25, -0.2) is 0 Å². The van der Waals surface area contributed by atoms with Crippen LogP contribution in [0.25, 0.3) is 0 Å². The van der Waals surface area contributed by atoms with Crippen LogP contribution in [0.5, 0.6) is 0 Å². The van der Waals surface area contributed by atoms with Gasteiger partial charge in [-0.2, -0.15) is 5.10 Å². The minimum absolute atomic E-state index is 0.0543. The van der Waals surface area contributed by atoms with Crippen molar-refractivity contribution in [2.24, 2.45) is 0 Å². The maximum atomic E-state index is 12.7. The van der Waals surface area contributed by atoms with E-state index in [-0.39, 0.29) is 11.8 Å². The molecule has 1 aromatic carbocycles. The van der Waals surface area contributed by atoms with Gasteiger partial charge in [-0.05, 0) is 38.8 Å². The van der Waals surface area contributed by atoms with Crippen LogP contribution < -0.4 is 10.2 Å². The molecule has 3 rings (SSSR count). The number of nitrogens with one attached hydrogen (secondary N) is 1. The Bertz CT molecular complexity index is 736. The van der Waals surface area contributed by atoms with Crippen LogP contribution in [0.15, 0.2) is 36.7 Å². The number of carbonyl (C=O) groups excluding carboxylic acids is 2. The Balaban J connectivity index is 1.70. The standard InChI is InChI=1S/C18H22N4O2/c1-3-21-12-14(11-19-21)17(23)20-16-5-4-10-22(18(16)24)15-8-6-13(2)7-9-15/h6-9,11-12,16H,3-5,10H2,1-2H3,(H,20,23)/t16-/m1/s1. The van der Waals surface area contributed by atoms with Gasteiger partial charge in [0, 0.05) is 25.0 Å². The molecule has 0 spiro atoms. The summed E-state index contributed by atoms with van der Waals surface area (Å²) in [5.74, 6) is -0.305. The molecule has 1 aromatic heterocycles. The number of hydrogen-bond acceptors (Lipinski definition) is 3. The fourth-order valence-corrected chi connectivity index (χ4v) is 2.89. The van der Waals surface area contributed by atoms with Gasteiger partial charge in [-0.15, -0.1) is 0 Å².